The molecule has 1 atom stereocenters. The van der Waals surface area contributed by atoms with Crippen LogP contribution in [0, 0.1) is 5.92 Å². The molecule has 19 heavy (non-hydrogen) atoms. The summed E-state index contributed by atoms with van der Waals surface area (Å²) in [5.74, 6) is 2.64. The maximum Gasteiger partial charge on any atom is 0.234 e. The molecular formula is C14H22N2O2S. The Balaban J connectivity index is 2.31. The highest BCUT2D eigenvalue weighted by molar-refractivity contribution is 7.99. The second kappa shape index (κ2) is 8.82. The van der Waals surface area contributed by atoms with Gasteiger partial charge in [0.15, 0.2) is 0 Å². The zero-order chi connectivity index (χ0) is 14.1. The van der Waals surface area contributed by atoms with Crippen molar-refractivity contribution in [3.8, 4) is 5.75 Å². The maximum absolute atomic E-state index is 11.7. The first kappa shape index (κ1) is 15.9. The van der Waals surface area contributed by atoms with Crippen LogP contribution in [0.4, 0.5) is 5.69 Å². The first-order valence-corrected chi connectivity index (χ1v) is 7.61. The average Bonchev–Trinajstić information content (AvgIpc) is 2.41. The van der Waals surface area contributed by atoms with Crippen LogP contribution in [0.1, 0.15) is 13.8 Å². The number of thioether (sulfide) groups is 1. The van der Waals surface area contributed by atoms with Gasteiger partial charge in [-0.05, 0) is 49.4 Å². The molecule has 1 aromatic carbocycles. The third-order valence-electron chi connectivity index (χ3n) is 2.49. The van der Waals surface area contributed by atoms with Gasteiger partial charge in [0.25, 0.3) is 0 Å². The van der Waals surface area contributed by atoms with E-state index in [0.29, 0.717) is 24.8 Å². The van der Waals surface area contributed by atoms with Crippen LogP contribution in [0.3, 0.4) is 0 Å². The first-order valence-electron chi connectivity index (χ1n) is 6.46. The van der Waals surface area contributed by atoms with Crippen LogP contribution in [0.25, 0.3) is 0 Å². The van der Waals surface area contributed by atoms with Gasteiger partial charge in [0.1, 0.15) is 5.75 Å². The molecule has 0 saturated heterocycles. The smallest absolute Gasteiger partial charge is 0.234 e. The lowest BCUT2D eigenvalue weighted by atomic mass is 10.2. The minimum absolute atomic E-state index is 0.0124. The van der Waals surface area contributed by atoms with Crippen LogP contribution < -0.4 is 15.8 Å². The van der Waals surface area contributed by atoms with Gasteiger partial charge < -0.3 is 15.8 Å². The number of benzene rings is 1. The van der Waals surface area contributed by atoms with Gasteiger partial charge in [0.05, 0.1) is 12.4 Å². The van der Waals surface area contributed by atoms with Gasteiger partial charge in [-0.2, -0.15) is 11.8 Å². The van der Waals surface area contributed by atoms with Gasteiger partial charge in [-0.25, -0.2) is 0 Å². The van der Waals surface area contributed by atoms with Crippen molar-refractivity contribution in [2.24, 2.45) is 11.7 Å². The van der Waals surface area contributed by atoms with Gasteiger partial charge in [0.2, 0.25) is 5.91 Å². The highest BCUT2D eigenvalue weighted by atomic mass is 32.2. The number of nitrogens with two attached hydrogens (primary N) is 1. The van der Waals surface area contributed by atoms with E-state index >= 15 is 0 Å². The van der Waals surface area contributed by atoms with Crippen molar-refractivity contribution in [1.82, 2.24) is 0 Å². The molecule has 0 aliphatic carbocycles. The molecule has 1 unspecified atom stereocenters. The Morgan fingerprint density at radius 2 is 2.11 bits per heavy atom. The molecular weight excluding hydrogens is 260 g/mol. The van der Waals surface area contributed by atoms with Crippen LogP contribution in [0.2, 0.25) is 0 Å². The largest absolute Gasteiger partial charge is 0.494 e. The van der Waals surface area contributed by atoms with E-state index in [1.165, 1.54) is 0 Å². The number of ether oxygens (including phenoxy) is 1. The third-order valence-corrected chi connectivity index (χ3v) is 3.76. The number of nitrogens with one attached hydrogen (secondary N) is 1. The summed E-state index contributed by atoms with van der Waals surface area (Å²) in [4.78, 5) is 11.7. The standard InChI is InChI=1S/C14H22N2O2S/c1-3-18-13-6-4-12(5-7-13)16-14(17)10-19-9-11(2)8-15/h4-7,11H,3,8-10,15H2,1-2H3,(H,16,17). The van der Waals surface area contributed by atoms with Crippen LogP contribution in [-0.2, 0) is 4.79 Å². The predicted molar refractivity (Wildman–Crippen MR) is 81.8 cm³/mol. The highest BCUT2D eigenvalue weighted by Gasteiger charge is 2.05. The summed E-state index contributed by atoms with van der Waals surface area (Å²) in [7, 11) is 0. The van der Waals surface area contributed by atoms with Gasteiger partial charge in [0, 0.05) is 5.69 Å². The number of anilines is 1. The number of carbonyl (C=O) groups excluding carboxylic acids is 1. The zero-order valence-electron chi connectivity index (χ0n) is 11.5. The van der Waals surface area contributed by atoms with Gasteiger partial charge in [-0.3, -0.25) is 4.79 Å². The fraction of sp³-hybridized carbons (Fsp3) is 0.500. The number of rotatable bonds is 8. The average molecular weight is 282 g/mol. The molecule has 1 aromatic rings. The minimum atomic E-state index is 0.0124. The maximum atomic E-state index is 11.7. The van der Waals surface area contributed by atoms with Gasteiger partial charge in [-0.1, -0.05) is 6.92 Å². The molecule has 0 saturated carbocycles. The van der Waals surface area contributed by atoms with Gasteiger partial charge in [-0.15, -0.1) is 0 Å². The molecule has 0 aliphatic heterocycles. The fourth-order valence-electron chi connectivity index (χ4n) is 1.42. The molecule has 106 valence electrons. The quantitative estimate of drug-likeness (QED) is 0.768. The van der Waals surface area contributed by atoms with Crippen molar-refractivity contribution in [2.45, 2.75) is 13.8 Å². The highest BCUT2D eigenvalue weighted by Crippen LogP contribution is 2.16. The van der Waals surface area contributed by atoms with Crippen molar-refractivity contribution in [2.75, 3.05) is 30.0 Å². The SMILES string of the molecule is CCOc1ccc(NC(=O)CSCC(C)CN)cc1. The van der Waals surface area contributed by atoms with E-state index in [1.807, 2.05) is 31.2 Å². The topological polar surface area (TPSA) is 64.3 Å². The number of hydrogen-bond acceptors (Lipinski definition) is 4. The van der Waals surface area contributed by atoms with Gasteiger partial charge >= 0.3 is 0 Å². The van der Waals surface area contributed by atoms with Crippen molar-refractivity contribution < 1.29 is 9.53 Å². The van der Waals surface area contributed by atoms with E-state index in [2.05, 4.69) is 12.2 Å². The molecule has 0 bridgehead atoms. The van der Waals surface area contributed by atoms with Crippen molar-refractivity contribution in [3.05, 3.63) is 24.3 Å². The normalized spacial score (nSPS) is 11.9. The molecule has 0 aliphatic rings. The summed E-state index contributed by atoms with van der Waals surface area (Å²) in [6.45, 7) is 5.32. The Labute approximate surface area is 119 Å². The zero-order valence-corrected chi connectivity index (χ0v) is 12.3. The van der Waals surface area contributed by atoms with E-state index in [1.54, 1.807) is 11.8 Å². The molecule has 3 N–H and O–H groups in total. The van der Waals surface area contributed by atoms with Crippen LogP contribution in [0.15, 0.2) is 24.3 Å². The lowest BCUT2D eigenvalue weighted by Gasteiger charge is -2.09. The third kappa shape index (κ3) is 6.50. The Morgan fingerprint density at radius 3 is 2.68 bits per heavy atom. The van der Waals surface area contributed by atoms with E-state index in [4.69, 9.17) is 10.5 Å². The first-order chi connectivity index (χ1) is 9.15. The molecule has 1 amide bonds. The fourth-order valence-corrected chi connectivity index (χ4v) is 2.33. The molecule has 0 aromatic heterocycles. The van der Waals surface area contributed by atoms with Crippen molar-refractivity contribution in [1.29, 1.82) is 0 Å². The van der Waals surface area contributed by atoms with Crippen LogP contribution in [-0.4, -0.2) is 30.6 Å². The number of carbonyl (C=O) groups is 1. The van der Waals surface area contributed by atoms with Crippen LogP contribution in [0.5, 0.6) is 5.75 Å². The molecule has 0 radical (unpaired) electrons. The Bertz CT molecular complexity index is 382. The van der Waals surface area contributed by atoms with Crippen LogP contribution >= 0.6 is 11.8 Å². The molecule has 4 nitrogen and oxygen atoms in total. The summed E-state index contributed by atoms with van der Waals surface area (Å²) >= 11 is 1.61. The Kier molecular flexibility index (Phi) is 7.36. The minimum Gasteiger partial charge on any atom is -0.494 e. The summed E-state index contributed by atoms with van der Waals surface area (Å²) in [6, 6.07) is 7.39. The Morgan fingerprint density at radius 1 is 1.42 bits per heavy atom. The second-order valence-electron chi connectivity index (χ2n) is 4.36. The van der Waals surface area contributed by atoms with E-state index in [0.717, 1.165) is 17.2 Å². The summed E-state index contributed by atoms with van der Waals surface area (Å²) in [6.07, 6.45) is 0. The summed E-state index contributed by atoms with van der Waals surface area (Å²) in [5.41, 5.74) is 6.32. The number of amides is 1. The molecule has 0 heterocycles. The van der Waals surface area contributed by atoms with E-state index < -0.39 is 0 Å². The molecule has 0 spiro atoms. The summed E-state index contributed by atoms with van der Waals surface area (Å²) < 4.78 is 5.34. The Hall–Kier alpha value is -1.20. The lowest BCUT2D eigenvalue weighted by molar-refractivity contribution is -0.113. The lowest BCUT2D eigenvalue weighted by Crippen LogP contribution is -2.17. The van der Waals surface area contributed by atoms with E-state index in [9.17, 15) is 4.79 Å². The van der Waals surface area contributed by atoms with Crippen molar-refractivity contribution >= 4 is 23.4 Å². The van der Waals surface area contributed by atoms with Crippen molar-refractivity contribution in [3.63, 3.8) is 0 Å². The van der Waals surface area contributed by atoms with E-state index in [-0.39, 0.29) is 5.91 Å². The molecule has 5 heteroatoms. The molecule has 0 fully saturated rings. The summed E-state index contributed by atoms with van der Waals surface area (Å²) in [5, 5.41) is 2.86. The molecule has 1 rings (SSSR count). The monoisotopic (exact) mass is 282 g/mol. The predicted octanol–water partition coefficient (Wildman–Crippen LogP) is 2.35. The number of hydrogen-bond donors (Lipinski definition) is 2. The second-order valence-corrected chi connectivity index (χ2v) is 5.39.